The van der Waals surface area contributed by atoms with Crippen molar-refractivity contribution >= 4 is 51.7 Å². The third-order valence-electron chi connectivity index (χ3n) is 5.77. The number of benzene rings is 4. The molecule has 1 atom stereocenters. The Balaban J connectivity index is 1.54. The van der Waals surface area contributed by atoms with Crippen LogP contribution in [0.4, 0.5) is 28.9 Å². The van der Waals surface area contributed by atoms with Crippen LogP contribution in [0.15, 0.2) is 71.6 Å². The molecule has 0 aliphatic carbocycles. The van der Waals surface area contributed by atoms with Crippen LogP contribution in [-0.2, 0) is 4.79 Å². The number of fused-ring (bicyclic) bond motifs is 1. The van der Waals surface area contributed by atoms with Gasteiger partial charge in [0.2, 0.25) is 5.91 Å². The number of thioether (sulfide) groups is 1. The molecule has 0 aromatic heterocycles. The van der Waals surface area contributed by atoms with E-state index in [-0.39, 0.29) is 29.0 Å². The van der Waals surface area contributed by atoms with Crippen molar-refractivity contribution < 1.29 is 37.1 Å². The van der Waals surface area contributed by atoms with Gasteiger partial charge in [-0.1, -0.05) is 37.3 Å². The van der Waals surface area contributed by atoms with Gasteiger partial charge in [0.15, 0.2) is 23.3 Å². The summed E-state index contributed by atoms with van der Waals surface area (Å²) in [5.74, 6) is -9.33. The fourth-order valence-electron chi connectivity index (χ4n) is 3.93. The van der Waals surface area contributed by atoms with E-state index in [9.17, 15) is 37.1 Å². The van der Waals surface area contributed by atoms with Crippen LogP contribution in [0.1, 0.15) is 34.1 Å². The number of hydrogen-bond donors (Lipinski definition) is 3. The van der Waals surface area contributed by atoms with Crippen LogP contribution >= 0.6 is 11.8 Å². The van der Waals surface area contributed by atoms with Crippen LogP contribution < -0.4 is 10.6 Å². The molecule has 11 heteroatoms. The second kappa shape index (κ2) is 11.6. The number of nitrogens with one attached hydrogen (secondary N) is 2. The molecule has 39 heavy (non-hydrogen) atoms. The zero-order chi connectivity index (χ0) is 28.3. The largest absolute Gasteiger partial charge is 0.478 e. The number of anilines is 2. The summed E-state index contributed by atoms with van der Waals surface area (Å²) in [5.41, 5.74) is -0.742. The minimum absolute atomic E-state index is 0.0228. The molecule has 0 aliphatic heterocycles. The minimum Gasteiger partial charge on any atom is -0.478 e. The molecule has 1 unspecified atom stereocenters. The molecule has 0 aliphatic rings. The lowest BCUT2D eigenvalue weighted by Gasteiger charge is -2.16. The molecule has 3 N–H and O–H groups in total. The molecule has 0 bridgehead atoms. The first-order chi connectivity index (χ1) is 18.6. The third-order valence-corrected chi connectivity index (χ3v) is 7.13. The lowest BCUT2D eigenvalue weighted by atomic mass is 9.98. The van der Waals surface area contributed by atoms with Gasteiger partial charge in [0.05, 0.1) is 10.8 Å². The molecule has 6 nitrogen and oxygen atoms in total. The number of amides is 2. The molecular weight excluding hydrogens is 536 g/mol. The van der Waals surface area contributed by atoms with Crippen molar-refractivity contribution in [3.8, 4) is 0 Å². The third kappa shape index (κ3) is 5.88. The number of hydrogen-bond acceptors (Lipinski definition) is 4. The highest BCUT2D eigenvalue weighted by Gasteiger charge is 2.25. The summed E-state index contributed by atoms with van der Waals surface area (Å²) in [7, 11) is 0. The Morgan fingerprint density at radius 2 is 1.46 bits per heavy atom. The van der Waals surface area contributed by atoms with Gasteiger partial charge in [-0.2, -0.15) is 0 Å². The van der Waals surface area contributed by atoms with Gasteiger partial charge in [-0.3, -0.25) is 9.59 Å². The molecular formula is C28H20F4N2O4S. The molecule has 4 aromatic carbocycles. The number of carbonyl (C=O) groups excluding carboxylic acids is 2. The number of carbonyl (C=O) groups is 3. The number of carboxylic acid groups (broad SMARTS) is 1. The highest BCUT2D eigenvalue weighted by atomic mass is 32.2. The number of aromatic carboxylic acids is 1. The van der Waals surface area contributed by atoms with E-state index in [4.69, 9.17) is 0 Å². The number of carboxylic acids is 1. The van der Waals surface area contributed by atoms with Crippen LogP contribution in [0.5, 0.6) is 0 Å². The number of halogens is 4. The van der Waals surface area contributed by atoms with Crippen LogP contribution in [0, 0.1) is 23.3 Å². The van der Waals surface area contributed by atoms with Gasteiger partial charge in [-0.05, 0) is 42.1 Å². The maximum Gasteiger partial charge on any atom is 0.336 e. The van der Waals surface area contributed by atoms with Crippen molar-refractivity contribution in [2.75, 3.05) is 10.6 Å². The molecule has 0 spiro atoms. The fraction of sp³-hybridized carbons (Fsp3) is 0.107. The summed E-state index contributed by atoms with van der Waals surface area (Å²) in [6.45, 7) is 1.64. The van der Waals surface area contributed by atoms with Crippen LogP contribution in [-0.4, -0.2) is 28.1 Å². The van der Waals surface area contributed by atoms with Gasteiger partial charge in [-0.15, -0.1) is 11.8 Å². The van der Waals surface area contributed by atoms with Crippen molar-refractivity contribution in [3.63, 3.8) is 0 Å². The Kier molecular flexibility index (Phi) is 8.20. The van der Waals surface area contributed by atoms with Crippen molar-refractivity contribution in [3.05, 3.63) is 101 Å². The second-order valence-corrected chi connectivity index (χ2v) is 9.62. The lowest BCUT2D eigenvalue weighted by Crippen LogP contribution is -2.26. The average Bonchev–Trinajstić information content (AvgIpc) is 2.92. The summed E-state index contributed by atoms with van der Waals surface area (Å²) in [4.78, 5) is 38.0. The first-order valence-corrected chi connectivity index (χ1v) is 12.5. The van der Waals surface area contributed by atoms with Crippen LogP contribution in [0.3, 0.4) is 0 Å². The molecule has 4 rings (SSSR count). The second-order valence-electron chi connectivity index (χ2n) is 8.34. The Bertz CT molecular complexity index is 1580. The minimum atomic E-state index is -1.72. The molecule has 0 fully saturated rings. The highest BCUT2D eigenvalue weighted by molar-refractivity contribution is 8.00. The maximum absolute atomic E-state index is 14.0. The smallest absolute Gasteiger partial charge is 0.336 e. The molecule has 0 saturated carbocycles. The van der Waals surface area contributed by atoms with Crippen LogP contribution in [0.2, 0.25) is 0 Å². The Morgan fingerprint density at radius 1 is 0.846 bits per heavy atom. The summed E-state index contributed by atoms with van der Waals surface area (Å²) in [6.07, 6.45) is 0.197. The van der Waals surface area contributed by atoms with Crippen molar-refractivity contribution in [2.24, 2.45) is 0 Å². The molecule has 0 saturated heterocycles. The van der Waals surface area contributed by atoms with Crippen LogP contribution in [0.25, 0.3) is 10.8 Å². The van der Waals surface area contributed by atoms with E-state index in [0.717, 1.165) is 11.8 Å². The maximum atomic E-state index is 14.0. The summed E-state index contributed by atoms with van der Waals surface area (Å²) in [6, 6.07) is 16.0. The Labute approximate surface area is 224 Å². The average molecular weight is 557 g/mol. The van der Waals surface area contributed by atoms with Gasteiger partial charge in [-0.25, -0.2) is 22.4 Å². The highest BCUT2D eigenvalue weighted by Crippen LogP contribution is 2.31. The zero-order valence-electron chi connectivity index (χ0n) is 20.2. The first-order valence-electron chi connectivity index (χ1n) is 11.6. The topological polar surface area (TPSA) is 95.5 Å². The molecule has 0 heterocycles. The van der Waals surface area contributed by atoms with Crippen molar-refractivity contribution in [2.45, 2.75) is 23.5 Å². The van der Waals surface area contributed by atoms with E-state index >= 15 is 0 Å². The SMILES string of the molecule is CCC(Sc1cccc(NC(=O)c2cccc3cccc(C(=O)O)c23)c1)C(=O)Nc1c(F)c(F)cc(F)c1F. The van der Waals surface area contributed by atoms with Gasteiger partial charge < -0.3 is 15.7 Å². The van der Waals surface area contributed by atoms with Gasteiger partial charge in [0.1, 0.15) is 5.69 Å². The van der Waals surface area contributed by atoms with Crippen molar-refractivity contribution in [1.29, 1.82) is 0 Å². The molecule has 0 radical (unpaired) electrons. The standard InChI is InChI=1S/C28H20F4N2O4S/c1-2-21(27(36)34-25-23(31)19(29)13-20(30)24(25)32)39-16-9-5-8-15(12-16)33-26(35)17-10-3-6-14-7-4-11-18(22(14)17)28(37)38/h3-13,21H,2H2,1H3,(H,33,35)(H,34,36)(H,37,38). The first kappa shape index (κ1) is 27.6. The van der Waals surface area contributed by atoms with Gasteiger partial charge >= 0.3 is 5.97 Å². The fourth-order valence-corrected chi connectivity index (χ4v) is 4.94. The summed E-state index contributed by atoms with van der Waals surface area (Å²) in [5, 5.41) is 14.2. The van der Waals surface area contributed by atoms with E-state index in [1.807, 2.05) is 5.32 Å². The summed E-state index contributed by atoms with van der Waals surface area (Å²) < 4.78 is 55.0. The van der Waals surface area contributed by atoms with E-state index in [1.165, 1.54) is 12.1 Å². The summed E-state index contributed by atoms with van der Waals surface area (Å²) >= 11 is 1.01. The van der Waals surface area contributed by atoms with E-state index in [1.54, 1.807) is 55.5 Å². The Morgan fingerprint density at radius 3 is 2.08 bits per heavy atom. The monoisotopic (exact) mass is 556 g/mol. The normalized spacial score (nSPS) is 11.7. The number of rotatable bonds is 8. The lowest BCUT2D eigenvalue weighted by molar-refractivity contribution is -0.115. The molecule has 2 amide bonds. The Hall–Kier alpha value is -4.38. The van der Waals surface area contributed by atoms with E-state index < -0.39 is 52.0 Å². The van der Waals surface area contributed by atoms with Crippen molar-refractivity contribution in [1.82, 2.24) is 0 Å². The van der Waals surface area contributed by atoms with Gasteiger partial charge in [0, 0.05) is 27.6 Å². The molecule has 4 aromatic rings. The van der Waals surface area contributed by atoms with E-state index in [2.05, 4.69) is 5.32 Å². The zero-order valence-corrected chi connectivity index (χ0v) is 21.0. The predicted molar refractivity (Wildman–Crippen MR) is 140 cm³/mol. The molecule has 200 valence electrons. The van der Waals surface area contributed by atoms with Gasteiger partial charge in [0.25, 0.3) is 5.91 Å². The predicted octanol–water partition coefficient (Wildman–Crippen LogP) is 6.86. The quantitative estimate of drug-likeness (QED) is 0.125. The van der Waals surface area contributed by atoms with E-state index in [0.29, 0.717) is 16.0 Å².